The minimum atomic E-state index is -0.866. The maximum atomic E-state index is 14.6. The van der Waals surface area contributed by atoms with Crippen molar-refractivity contribution in [2.24, 2.45) is 0 Å². The van der Waals surface area contributed by atoms with E-state index in [0.29, 0.717) is 16.2 Å². The normalized spacial score (nSPS) is 13.8. The largest absolute Gasteiger partial charge is 0.350 e. The average molecular weight is 454 g/mol. The highest BCUT2D eigenvalue weighted by molar-refractivity contribution is 6.46. The second kappa shape index (κ2) is 8.23. The monoisotopic (exact) mass is 454 g/mol. The lowest BCUT2D eigenvalue weighted by molar-refractivity contribution is -0.120. The quantitative estimate of drug-likeness (QED) is 0.377. The molecule has 1 heterocycles. The van der Waals surface area contributed by atoms with Crippen molar-refractivity contribution in [2.75, 3.05) is 10.2 Å². The van der Waals surface area contributed by atoms with Crippen LogP contribution in [0.1, 0.15) is 16.7 Å². The number of nitrogens with one attached hydrogen (secondary N) is 1. The molecule has 0 atom stereocenters. The number of hydrogen-bond acceptors (Lipinski definition) is 3. The Balaban J connectivity index is 1.71. The molecule has 1 aliphatic heterocycles. The Morgan fingerprint density at radius 3 is 2.35 bits per heavy atom. The van der Waals surface area contributed by atoms with Gasteiger partial charge in [0.05, 0.1) is 11.3 Å². The summed E-state index contributed by atoms with van der Waals surface area (Å²) >= 11 is 0. The van der Waals surface area contributed by atoms with Crippen molar-refractivity contribution in [3.05, 3.63) is 113 Å². The Hall–Kier alpha value is -4.32. The minimum absolute atomic E-state index is 0.0111. The van der Waals surface area contributed by atoms with Gasteiger partial charge in [0.1, 0.15) is 17.3 Å². The summed E-state index contributed by atoms with van der Waals surface area (Å²) < 4.78 is 28.6. The summed E-state index contributed by atoms with van der Waals surface area (Å²) in [6.07, 6.45) is 0. The van der Waals surface area contributed by atoms with Crippen molar-refractivity contribution in [3.8, 4) is 0 Å². The number of carbonyl (C=O) groups is 2. The molecule has 0 aliphatic carbocycles. The summed E-state index contributed by atoms with van der Waals surface area (Å²) in [5.41, 5.74) is 2.65. The predicted molar refractivity (Wildman–Crippen MR) is 129 cm³/mol. The number of carbonyl (C=O) groups excluding carboxylic acids is 2. The SMILES string of the molecule is Cc1ccc(C2=C(Nc3cccc4ccccc34)C(=O)N(c3cc(F)ccc3F)C2=O)c(C)c1. The van der Waals surface area contributed by atoms with Crippen LogP contribution in [0, 0.1) is 25.5 Å². The number of imide groups is 1. The van der Waals surface area contributed by atoms with Gasteiger partial charge in [-0.3, -0.25) is 9.59 Å². The van der Waals surface area contributed by atoms with Crippen molar-refractivity contribution in [3.63, 3.8) is 0 Å². The molecule has 0 radical (unpaired) electrons. The van der Waals surface area contributed by atoms with Gasteiger partial charge in [-0.1, -0.05) is 60.2 Å². The molecule has 0 unspecified atom stereocenters. The molecule has 1 aliphatic rings. The van der Waals surface area contributed by atoms with Gasteiger partial charge in [0.15, 0.2) is 0 Å². The van der Waals surface area contributed by atoms with Crippen LogP contribution in [0.3, 0.4) is 0 Å². The molecule has 0 bridgehead atoms. The third-order valence-corrected chi connectivity index (χ3v) is 5.93. The zero-order valence-electron chi connectivity index (χ0n) is 18.5. The van der Waals surface area contributed by atoms with Gasteiger partial charge in [0, 0.05) is 17.1 Å². The van der Waals surface area contributed by atoms with Crippen LogP contribution in [0.5, 0.6) is 0 Å². The Labute approximate surface area is 195 Å². The molecular weight excluding hydrogens is 434 g/mol. The van der Waals surface area contributed by atoms with Crippen molar-refractivity contribution >= 4 is 39.5 Å². The molecule has 0 saturated carbocycles. The molecule has 4 nitrogen and oxygen atoms in total. The zero-order chi connectivity index (χ0) is 24.0. The van der Waals surface area contributed by atoms with E-state index in [9.17, 15) is 18.4 Å². The summed E-state index contributed by atoms with van der Waals surface area (Å²) in [4.78, 5) is 27.9. The standard InChI is InChI=1S/C28H20F2N2O2/c1-16-10-12-20(17(2)14-16)25-26(31-23-9-5-7-18-6-3-4-8-21(18)23)28(34)32(27(25)33)24-15-19(29)11-13-22(24)30/h3-15,31H,1-2H3. The molecule has 4 aromatic carbocycles. The smallest absolute Gasteiger partial charge is 0.282 e. The highest BCUT2D eigenvalue weighted by atomic mass is 19.1. The van der Waals surface area contributed by atoms with E-state index in [1.165, 1.54) is 0 Å². The van der Waals surface area contributed by atoms with Crippen LogP contribution >= 0.6 is 0 Å². The summed E-state index contributed by atoms with van der Waals surface area (Å²) in [7, 11) is 0. The van der Waals surface area contributed by atoms with Gasteiger partial charge in [-0.25, -0.2) is 13.7 Å². The number of anilines is 2. The first-order valence-corrected chi connectivity index (χ1v) is 10.8. The van der Waals surface area contributed by atoms with Crippen LogP contribution in [0.4, 0.5) is 20.2 Å². The number of halogens is 2. The number of fused-ring (bicyclic) bond motifs is 1. The fourth-order valence-electron chi connectivity index (χ4n) is 4.33. The Morgan fingerprint density at radius 1 is 0.794 bits per heavy atom. The average Bonchev–Trinajstić information content (AvgIpc) is 3.05. The number of benzene rings is 4. The first-order valence-electron chi connectivity index (χ1n) is 10.8. The molecule has 34 heavy (non-hydrogen) atoms. The first kappa shape index (κ1) is 21.5. The molecule has 0 spiro atoms. The topological polar surface area (TPSA) is 49.4 Å². The fraction of sp³-hybridized carbons (Fsp3) is 0.0714. The van der Waals surface area contributed by atoms with Gasteiger partial charge in [-0.2, -0.15) is 0 Å². The lowest BCUT2D eigenvalue weighted by Crippen LogP contribution is -2.33. The van der Waals surface area contributed by atoms with Crippen molar-refractivity contribution in [2.45, 2.75) is 13.8 Å². The number of hydrogen-bond donors (Lipinski definition) is 1. The summed E-state index contributed by atoms with van der Waals surface area (Å²) in [5, 5.41) is 4.94. The lowest BCUT2D eigenvalue weighted by Gasteiger charge is -2.16. The van der Waals surface area contributed by atoms with Gasteiger partial charge in [0.2, 0.25) is 0 Å². The second-order valence-electron chi connectivity index (χ2n) is 8.26. The van der Waals surface area contributed by atoms with Gasteiger partial charge < -0.3 is 5.32 Å². The molecule has 1 N–H and O–H groups in total. The van der Waals surface area contributed by atoms with Crippen molar-refractivity contribution < 1.29 is 18.4 Å². The predicted octanol–water partition coefficient (Wildman–Crippen LogP) is 6.13. The molecule has 2 amide bonds. The van der Waals surface area contributed by atoms with Gasteiger partial charge >= 0.3 is 0 Å². The minimum Gasteiger partial charge on any atom is -0.350 e. The van der Waals surface area contributed by atoms with E-state index in [-0.39, 0.29) is 11.3 Å². The first-order chi connectivity index (χ1) is 16.3. The Morgan fingerprint density at radius 2 is 1.56 bits per heavy atom. The van der Waals surface area contributed by atoms with Crippen LogP contribution < -0.4 is 10.2 Å². The van der Waals surface area contributed by atoms with Crippen molar-refractivity contribution in [1.29, 1.82) is 0 Å². The van der Waals surface area contributed by atoms with Crippen molar-refractivity contribution in [1.82, 2.24) is 0 Å². The van der Waals surface area contributed by atoms with Gasteiger partial charge in [-0.05, 0) is 48.6 Å². The molecule has 4 aromatic rings. The molecule has 0 fully saturated rings. The zero-order valence-corrected chi connectivity index (χ0v) is 18.5. The number of rotatable bonds is 4. The number of amides is 2. The third kappa shape index (κ3) is 3.53. The van der Waals surface area contributed by atoms with E-state index in [2.05, 4.69) is 5.32 Å². The molecule has 0 aromatic heterocycles. The van der Waals surface area contributed by atoms with E-state index >= 15 is 0 Å². The highest BCUT2D eigenvalue weighted by Gasteiger charge is 2.42. The summed E-state index contributed by atoms with van der Waals surface area (Å²) in [6, 6.07) is 21.4. The van der Waals surface area contributed by atoms with E-state index in [1.807, 2.05) is 62.4 Å². The van der Waals surface area contributed by atoms with E-state index in [1.54, 1.807) is 12.1 Å². The lowest BCUT2D eigenvalue weighted by atomic mass is 9.97. The number of aryl methyl sites for hydroxylation is 2. The Kier molecular flexibility index (Phi) is 5.21. The third-order valence-electron chi connectivity index (χ3n) is 5.93. The van der Waals surface area contributed by atoms with Crippen LogP contribution in [-0.4, -0.2) is 11.8 Å². The Bertz CT molecular complexity index is 1520. The number of nitrogens with zero attached hydrogens (tertiary/aromatic N) is 1. The van der Waals surface area contributed by atoms with E-state index < -0.39 is 29.1 Å². The second-order valence-corrected chi connectivity index (χ2v) is 8.26. The maximum Gasteiger partial charge on any atom is 0.282 e. The molecule has 5 rings (SSSR count). The summed E-state index contributed by atoms with van der Waals surface area (Å²) in [5.74, 6) is -3.09. The molecule has 168 valence electrons. The van der Waals surface area contributed by atoms with Crippen LogP contribution in [0.25, 0.3) is 16.3 Å². The molecule has 0 saturated heterocycles. The fourth-order valence-corrected chi connectivity index (χ4v) is 4.33. The van der Waals surface area contributed by atoms with Gasteiger partial charge in [-0.15, -0.1) is 0 Å². The highest BCUT2D eigenvalue weighted by Crippen LogP contribution is 2.37. The maximum absolute atomic E-state index is 14.6. The summed E-state index contributed by atoms with van der Waals surface area (Å²) in [6.45, 7) is 3.77. The van der Waals surface area contributed by atoms with Crippen LogP contribution in [0.2, 0.25) is 0 Å². The van der Waals surface area contributed by atoms with E-state index in [0.717, 1.165) is 40.1 Å². The van der Waals surface area contributed by atoms with Gasteiger partial charge in [0.25, 0.3) is 11.8 Å². The molecular formula is C28H20F2N2O2. The van der Waals surface area contributed by atoms with Crippen LogP contribution in [-0.2, 0) is 9.59 Å². The molecule has 6 heteroatoms. The van der Waals surface area contributed by atoms with Crippen LogP contribution in [0.15, 0.2) is 84.6 Å². The van der Waals surface area contributed by atoms with E-state index in [4.69, 9.17) is 0 Å².